The van der Waals surface area contributed by atoms with E-state index in [1.54, 1.807) is 0 Å². The summed E-state index contributed by atoms with van der Waals surface area (Å²) < 4.78 is 0. The van der Waals surface area contributed by atoms with Crippen molar-refractivity contribution in [1.29, 1.82) is 0 Å². The van der Waals surface area contributed by atoms with Gasteiger partial charge in [-0.15, -0.1) is 0 Å². The van der Waals surface area contributed by atoms with E-state index in [1.165, 1.54) is 5.57 Å². The Morgan fingerprint density at radius 2 is 1.36 bits per heavy atom. The molecule has 1 heteroatoms. The van der Waals surface area contributed by atoms with Crippen LogP contribution in [0, 0.1) is 0 Å². The quantitative estimate of drug-likeness (QED) is 0.579. The van der Waals surface area contributed by atoms with Gasteiger partial charge in [-0.2, -0.15) is 0 Å². The Morgan fingerprint density at radius 1 is 1.09 bits per heavy atom. The lowest BCUT2D eigenvalue weighted by molar-refractivity contribution is 1.33. The minimum Gasteiger partial charge on any atom is -0.399 e. The van der Waals surface area contributed by atoms with Crippen molar-refractivity contribution in [3.8, 4) is 0 Å². The summed E-state index contributed by atoms with van der Waals surface area (Å²) in [4.78, 5) is 0. The molecule has 0 aliphatic heterocycles. The Kier molecular flexibility index (Phi) is 24.5. The first-order valence-electron chi connectivity index (χ1n) is 4.22. The van der Waals surface area contributed by atoms with Crippen LogP contribution in [-0.2, 0) is 0 Å². The van der Waals surface area contributed by atoms with Crippen LogP contribution in [0.25, 0.3) is 0 Å². The first-order valence-corrected chi connectivity index (χ1v) is 4.22. The van der Waals surface area contributed by atoms with Crippen LogP contribution in [-0.4, -0.2) is 0 Å². The molecule has 0 atom stereocenters. The summed E-state index contributed by atoms with van der Waals surface area (Å²) in [5.41, 5.74) is 7.04. The largest absolute Gasteiger partial charge is 0.399 e. The molecule has 0 spiro atoms. The molecule has 0 radical (unpaired) electrons. The van der Waals surface area contributed by atoms with Crippen molar-refractivity contribution in [2.45, 2.75) is 41.5 Å². The molecule has 0 heterocycles. The molecule has 0 rings (SSSR count). The van der Waals surface area contributed by atoms with Crippen LogP contribution in [0.2, 0.25) is 0 Å². The Hall–Kier alpha value is -0.720. The molecular formula is C10H23N. The second kappa shape index (κ2) is 16.1. The maximum Gasteiger partial charge on any atom is 0.0240 e. The monoisotopic (exact) mass is 157 g/mol. The van der Waals surface area contributed by atoms with E-state index >= 15 is 0 Å². The van der Waals surface area contributed by atoms with Gasteiger partial charge >= 0.3 is 0 Å². The van der Waals surface area contributed by atoms with E-state index in [4.69, 9.17) is 5.73 Å². The fourth-order valence-electron chi connectivity index (χ4n) is 0.371. The molecule has 0 aromatic carbocycles. The number of hydrogen-bond donors (Lipinski definition) is 1. The van der Waals surface area contributed by atoms with E-state index in [0.717, 1.165) is 0 Å². The lowest BCUT2D eigenvalue weighted by atomic mass is 10.3. The van der Waals surface area contributed by atoms with Crippen LogP contribution in [0.4, 0.5) is 0 Å². The second-order valence-electron chi connectivity index (χ2n) is 1.80. The second-order valence-corrected chi connectivity index (χ2v) is 1.80. The average Bonchev–Trinajstić information content (AvgIpc) is 1.93. The molecule has 0 fully saturated rings. The van der Waals surface area contributed by atoms with Gasteiger partial charge in [0.15, 0.2) is 0 Å². The molecule has 68 valence electrons. The molecular weight excluding hydrogens is 134 g/mol. The van der Waals surface area contributed by atoms with Crippen molar-refractivity contribution in [2.75, 3.05) is 0 Å². The predicted molar refractivity (Wildman–Crippen MR) is 55.5 cm³/mol. The van der Waals surface area contributed by atoms with Crippen molar-refractivity contribution < 1.29 is 0 Å². The standard InChI is InChI=1S/C6H11N.2C2H6/c1-5(2)4-6(3)7;2*1-2/h4H,3,7H2,1-2H3;2*1-2H3. The van der Waals surface area contributed by atoms with Gasteiger partial charge in [-0.25, -0.2) is 0 Å². The van der Waals surface area contributed by atoms with Gasteiger partial charge in [0.05, 0.1) is 0 Å². The third-order valence-corrected chi connectivity index (χ3v) is 0.474. The summed E-state index contributed by atoms with van der Waals surface area (Å²) in [6, 6.07) is 0. The van der Waals surface area contributed by atoms with Crippen LogP contribution >= 0.6 is 0 Å². The van der Waals surface area contributed by atoms with E-state index in [-0.39, 0.29) is 0 Å². The van der Waals surface area contributed by atoms with Gasteiger partial charge in [0, 0.05) is 5.70 Å². The summed E-state index contributed by atoms with van der Waals surface area (Å²) in [6.45, 7) is 15.5. The van der Waals surface area contributed by atoms with Gasteiger partial charge in [0.1, 0.15) is 0 Å². The number of nitrogens with two attached hydrogens (primary N) is 1. The Morgan fingerprint density at radius 3 is 1.36 bits per heavy atom. The van der Waals surface area contributed by atoms with Gasteiger partial charge in [-0.1, -0.05) is 39.8 Å². The van der Waals surface area contributed by atoms with E-state index in [1.807, 2.05) is 47.6 Å². The normalized spacial score (nSPS) is 6.00. The summed E-state index contributed by atoms with van der Waals surface area (Å²) in [5.74, 6) is 0. The van der Waals surface area contributed by atoms with Crippen LogP contribution in [0.15, 0.2) is 23.9 Å². The molecule has 11 heavy (non-hydrogen) atoms. The zero-order chi connectivity index (χ0) is 9.86. The zero-order valence-electron chi connectivity index (χ0n) is 8.86. The number of hydrogen-bond acceptors (Lipinski definition) is 1. The Balaban J connectivity index is -0.000000138. The maximum atomic E-state index is 5.22. The molecule has 0 aromatic rings. The van der Waals surface area contributed by atoms with Gasteiger partial charge in [0.25, 0.3) is 0 Å². The average molecular weight is 157 g/mol. The van der Waals surface area contributed by atoms with E-state index in [2.05, 4.69) is 6.58 Å². The van der Waals surface area contributed by atoms with Crippen molar-refractivity contribution >= 4 is 0 Å². The summed E-state index contributed by atoms with van der Waals surface area (Å²) in [7, 11) is 0. The highest BCUT2D eigenvalue weighted by Crippen LogP contribution is 1.90. The summed E-state index contributed by atoms with van der Waals surface area (Å²) in [5, 5.41) is 0. The molecule has 0 saturated carbocycles. The number of rotatable bonds is 1. The van der Waals surface area contributed by atoms with Gasteiger partial charge in [-0.05, 0) is 19.9 Å². The molecule has 0 aliphatic rings. The van der Waals surface area contributed by atoms with Gasteiger partial charge in [0.2, 0.25) is 0 Å². The SMILES string of the molecule is C=C(N)C=C(C)C.CC.CC. The smallest absolute Gasteiger partial charge is 0.0240 e. The molecule has 0 aliphatic carbocycles. The number of allylic oxidation sites excluding steroid dienone is 2. The van der Waals surface area contributed by atoms with E-state index < -0.39 is 0 Å². The van der Waals surface area contributed by atoms with Crippen molar-refractivity contribution in [3.05, 3.63) is 23.9 Å². The minimum atomic E-state index is 0.625. The van der Waals surface area contributed by atoms with Crippen molar-refractivity contribution in [3.63, 3.8) is 0 Å². The Labute approximate surface area is 72.0 Å². The molecule has 0 amide bonds. The van der Waals surface area contributed by atoms with Crippen molar-refractivity contribution in [2.24, 2.45) is 5.73 Å². The fraction of sp³-hybridized carbons (Fsp3) is 0.600. The Bertz CT molecular complexity index is 97.4. The fourth-order valence-corrected chi connectivity index (χ4v) is 0.371. The molecule has 0 aromatic heterocycles. The van der Waals surface area contributed by atoms with Gasteiger partial charge in [-0.3, -0.25) is 0 Å². The molecule has 0 bridgehead atoms. The van der Waals surface area contributed by atoms with Crippen LogP contribution in [0.1, 0.15) is 41.5 Å². The van der Waals surface area contributed by atoms with Crippen molar-refractivity contribution in [1.82, 2.24) is 0 Å². The van der Waals surface area contributed by atoms with Crippen LogP contribution < -0.4 is 5.73 Å². The minimum absolute atomic E-state index is 0.625. The van der Waals surface area contributed by atoms with Gasteiger partial charge < -0.3 is 5.73 Å². The lowest BCUT2D eigenvalue weighted by Crippen LogP contribution is -1.88. The first-order chi connectivity index (χ1) is 5.13. The molecule has 1 nitrogen and oxygen atoms in total. The summed E-state index contributed by atoms with van der Waals surface area (Å²) >= 11 is 0. The van der Waals surface area contributed by atoms with Crippen LogP contribution in [0.5, 0.6) is 0 Å². The third-order valence-electron chi connectivity index (χ3n) is 0.474. The molecule has 2 N–H and O–H groups in total. The summed E-state index contributed by atoms with van der Waals surface area (Å²) in [6.07, 6.45) is 1.83. The lowest BCUT2D eigenvalue weighted by Gasteiger charge is -1.86. The highest BCUT2D eigenvalue weighted by molar-refractivity contribution is 5.14. The highest BCUT2D eigenvalue weighted by Gasteiger charge is 1.74. The third kappa shape index (κ3) is 45.7. The predicted octanol–water partition coefficient (Wildman–Crippen LogP) is 3.48. The van der Waals surface area contributed by atoms with E-state index in [0.29, 0.717) is 5.70 Å². The zero-order valence-corrected chi connectivity index (χ0v) is 8.86. The highest BCUT2D eigenvalue weighted by atomic mass is 14.5. The molecule has 0 unspecified atom stereocenters. The molecule has 0 saturated heterocycles. The van der Waals surface area contributed by atoms with Crippen LogP contribution in [0.3, 0.4) is 0 Å². The first kappa shape index (κ1) is 16.7. The van der Waals surface area contributed by atoms with E-state index in [9.17, 15) is 0 Å². The topological polar surface area (TPSA) is 26.0 Å². The maximum absolute atomic E-state index is 5.22.